The van der Waals surface area contributed by atoms with Gasteiger partial charge in [-0.05, 0) is 44.7 Å². The van der Waals surface area contributed by atoms with Crippen LogP contribution in [0, 0.1) is 6.92 Å². The Hall–Kier alpha value is -1.55. The molecule has 4 nitrogen and oxygen atoms in total. The van der Waals surface area contributed by atoms with Crippen molar-refractivity contribution in [1.82, 2.24) is 0 Å². The van der Waals surface area contributed by atoms with Gasteiger partial charge in [0, 0.05) is 19.2 Å². The molecule has 2 atom stereocenters. The highest BCUT2D eigenvalue weighted by molar-refractivity contribution is 5.85. The minimum Gasteiger partial charge on any atom is -0.464 e. The van der Waals surface area contributed by atoms with Gasteiger partial charge in [0.15, 0.2) is 0 Å². The second-order valence-electron chi connectivity index (χ2n) is 5.70. The Morgan fingerprint density at radius 1 is 1.43 bits per heavy atom. The molecule has 1 aliphatic rings. The number of methoxy groups -OCH3 is 1. The van der Waals surface area contributed by atoms with Gasteiger partial charge in [-0.15, -0.1) is 0 Å². The third kappa shape index (κ3) is 3.56. The third-order valence-electron chi connectivity index (χ3n) is 4.22. The molecule has 0 amide bonds. The molecule has 1 saturated carbocycles. The molecule has 2 unspecified atom stereocenters. The Kier molecular flexibility index (Phi) is 5.23. The van der Waals surface area contributed by atoms with Crippen molar-refractivity contribution in [2.24, 2.45) is 0 Å². The van der Waals surface area contributed by atoms with Gasteiger partial charge in [-0.25, -0.2) is 4.79 Å². The molecule has 1 N–H and O–H groups in total. The van der Waals surface area contributed by atoms with Gasteiger partial charge in [0.1, 0.15) is 5.54 Å². The van der Waals surface area contributed by atoms with Crippen molar-refractivity contribution >= 4 is 11.7 Å². The molecular formula is C17H25NO3. The highest BCUT2D eigenvalue weighted by Crippen LogP contribution is 2.35. The lowest BCUT2D eigenvalue weighted by molar-refractivity contribution is -0.151. The SMILES string of the molecule is CCOC(=O)C1(Nc2ccccc2C)CCCC(OC)C1. The third-order valence-corrected chi connectivity index (χ3v) is 4.22. The number of nitrogens with one attached hydrogen (secondary N) is 1. The Balaban J connectivity index is 2.27. The number of benzene rings is 1. The van der Waals surface area contributed by atoms with Gasteiger partial charge in [0.25, 0.3) is 0 Å². The molecule has 0 aliphatic heterocycles. The minimum atomic E-state index is -0.680. The van der Waals surface area contributed by atoms with E-state index < -0.39 is 5.54 Å². The van der Waals surface area contributed by atoms with Gasteiger partial charge in [0.05, 0.1) is 12.7 Å². The molecule has 0 bridgehead atoms. The molecule has 1 aliphatic carbocycles. The van der Waals surface area contributed by atoms with Gasteiger partial charge in [-0.1, -0.05) is 18.2 Å². The normalized spacial score (nSPS) is 25.4. The maximum atomic E-state index is 12.6. The lowest BCUT2D eigenvalue weighted by Gasteiger charge is -2.39. The van der Waals surface area contributed by atoms with E-state index in [0.29, 0.717) is 13.0 Å². The summed E-state index contributed by atoms with van der Waals surface area (Å²) < 4.78 is 10.8. The first kappa shape index (κ1) is 15.8. The van der Waals surface area contributed by atoms with Crippen LogP contribution in [0.3, 0.4) is 0 Å². The van der Waals surface area contributed by atoms with Crippen LogP contribution in [0.25, 0.3) is 0 Å². The molecule has 1 fully saturated rings. The molecule has 0 spiro atoms. The van der Waals surface area contributed by atoms with Crippen molar-refractivity contribution in [3.05, 3.63) is 29.8 Å². The average molecular weight is 291 g/mol. The fraction of sp³-hybridized carbons (Fsp3) is 0.588. The minimum absolute atomic E-state index is 0.0969. The maximum absolute atomic E-state index is 12.6. The first-order chi connectivity index (χ1) is 10.1. The van der Waals surface area contributed by atoms with E-state index in [0.717, 1.165) is 30.5 Å². The second-order valence-corrected chi connectivity index (χ2v) is 5.70. The zero-order valence-electron chi connectivity index (χ0n) is 13.1. The largest absolute Gasteiger partial charge is 0.464 e. The van der Waals surface area contributed by atoms with E-state index in [-0.39, 0.29) is 12.1 Å². The summed E-state index contributed by atoms with van der Waals surface area (Å²) in [4.78, 5) is 12.6. The lowest BCUT2D eigenvalue weighted by atomic mass is 9.79. The van der Waals surface area contributed by atoms with E-state index in [2.05, 4.69) is 5.32 Å². The quantitative estimate of drug-likeness (QED) is 0.846. The van der Waals surface area contributed by atoms with Crippen molar-refractivity contribution in [1.29, 1.82) is 0 Å². The number of anilines is 1. The summed E-state index contributed by atoms with van der Waals surface area (Å²) in [5.41, 5.74) is 1.43. The predicted octanol–water partition coefficient (Wildman–Crippen LogP) is 3.30. The van der Waals surface area contributed by atoms with E-state index >= 15 is 0 Å². The van der Waals surface area contributed by atoms with Crippen LogP contribution in [-0.4, -0.2) is 31.3 Å². The first-order valence-electron chi connectivity index (χ1n) is 7.65. The Morgan fingerprint density at radius 2 is 2.19 bits per heavy atom. The summed E-state index contributed by atoms with van der Waals surface area (Å²) >= 11 is 0. The van der Waals surface area contributed by atoms with E-state index in [1.807, 2.05) is 38.1 Å². The van der Waals surface area contributed by atoms with Gasteiger partial charge < -0.3 is 14.8 Å². The molecule has 116 valence electrons. The lowest BCUT2D eigenvalue weighted by Crippen LogP contribution is -2.52. The smallest absolute Gasteiger partial charge is 0.331 e. The highest BCUT2D eigenvalue weighted by atomic mass is 16.5. The number of para-hydroxylation sites is 1. The molecule has 0 saturated heterocycles. The summed E-state index contributed by atoms with van der Waals surface area (Å²) in [5.74, 6) is -0.171. The van der Waals surface area contributed by atoms with Crippen molar-refractivity contribution in [2.45, 2.75) is 51.2 Å². The van der Waals surface area contributed by atoms with Crippen molar-refractivity contribution < 1.29 is 14.3 Å². The van der Waals surface area contributed by atoms with Gasteiger partial charge >= 0.3 is 5.97 Å². The highest BCUT2D eigenvalue weighted by Gasteiger charge is 2.44. The summed E-state index contributed by atoms with van der Waals surface area (Å²) in [6.07, 6.45) is 3.47. The molecule has 0 heterocycles. The van der Waals surface area contributed by atoms with Crippen LogP contribution < -0.4 is 5.32 Å². The van der Waals surface area contributed by atoms with Gasteiger partial charge in [0.2, 0.25) is 0 Å². The predicted molar refractivity (Wildman–Crippen MR) is 83.4 cm³/mol. The molecule has 4 heteroatoms. The number of aryl methyl sites for hydroxylation is 1. The Morgan fingerprint density at radius 3 is 2.86 bits per heavy atom. The first-order valence-corrected chi connectivity index (χ1v) is 7.65. The van der Waals surface area contributed by atoms with E-state index in [1.165, 1.54) is 0 Å². The molecule has 2 rings (SSSR count). The number of hydrogen-bond donors (Lipinski definition) is 1. The van der Waals surface area contributed by atoms with Crippen LogP contribution >= 0.6 is 0 Å². The molecule has 1 aromatic carbocycles. The second kappa shape index (κ2) is 6.94. The van der Waals surface area contributed by atoms with Crippen LogP contribution in [-0.2, 0) is 14.3 Å². The Bertz CT molecular complexity index is 489. The summed E-state index contributed by atoms with van der Waals surface area (Å²) in [7, 11) is 1.71. The molecule has 0 radical (unpaired) electrons. The van der Waals surface area contributed by atoms with Crippen LogP contribution in [0.15, 0.2) is 24.3 Å². The number of hydrogen-bond acceptors (Lipinski definition) is 4. The molecule has 21 heavy (non-hydrogen) atoms. The monoisotopic (exact) mass is 291 g/mol. The van der Waals surface area contributed by atoms with Crippen LogP contribution in [0.1, 0.15) is 38.2 Å². The fourth-order valence-electron chi connectivity index (χ4n) is 3.02. The van der Waals surface area contributed by atoms with Crippen molar-refractivity contribution in [3.8, 4) is 0 Å². The zero-order chi connectivity index (χ0) is 15.3. The van der Waals surface area contributed by atoms with Gasteiger partial charge in [-0.2, -0.15) is 0 Å². The fourth-order valence-corrected chi connectivity index (χ4v) is 3.02. The number of carbonyl (C=O) groups is 1. The average Bonchev–Trinajstić information content (AvgIpc) is 2.50. The molecular weight excluding hydrogens is 266 g/mol. The molecule has 0 aromatic heterocycles. The summed E-state index contributed by atoms with van der Waals surface area (Å²) in [6.45, 7) is 4.28. The summed E-state index contributed by atoms with van der Waals surface area (Å²) in [6, 6.07) is 8.02. The van der Waals surface area contributed by atoms with Crippen molar-refractivity contribution in [2.75, 3.05) is 19.0 Å². The standard InChI is InChI=1S/C17H25NO3/c1-4-21-16(19)17(11-7-9-14(12-17)20-3)18-15-10-6-5-8-13(15)2/h5-6,8,10,14,18H,4,7,9,11-12H2,1-3H3. The van der Waals surface area contributed by atoms with E-state index in [4.69, 9.17) is 9.47 Å². The number of esters is 1. The van der Waals surface area contributed by atoms with E-state index in [1.54, 1.807) is 7.11 Å². The van der Waals surface area contributed by atoms with Crippen molar-refractivity contribution in [3.63, 3.8) is 0 Å². The van der Waals surface area contributed by atoms with Gasteiger partial charge in [-0.3, -0.25) is 0 Å². The van der Waals surface area contributed by atoms with E-state index in [9.17, 15) is 4.79 Å². The number of carbonyl (C=O) groups excluding carboxylic acids is 1. The zero-order valence-corrected chi connectivity index (χ0v) is 13.1. The Labute approximate surface area is 126 Å². The number of ether oxygens (including phenoxy) is 2. The topological polar surface area (TPSA) is 47.6 Å². The summed E-state index contributed by atoms with van der Waals surface area (Å²) in [5, 5.41) is 3.46. The van der Waals surface area contributed by atoms with Crippen LogP contribution in [0.2, 0.25) is 0 Å². The maximum Gasteiger partial charge on any atom is 0.331 e. The number of rotatable bonds is 5. The van der Waals surface area contributed by atoms with Crippen LogP contribution in [0.4, 0.5) is 5.69 Å². The molecule has 1 aromatic rings. The van der Waals surface area contributed by atoms with Crippen LogP contribution in [0.5, 0.6) is 0 Å².